The molecule has 0 spiro atoms. The molecule has 3 nitrogen and oxygen atoms in total. The molecule has 2 unspecified atom stereocenters. The Morgan fingerprint density at radius 3 is 2.58 bits per heavy atom. The highest BCUT2D eigenvalue weighted by Gasteiger charge is 2.40. The number of benzene rings is 2. The summed E-state index contributed by atoms with van der Waals surface area (Å²) in [5, 5.41) is 4.30. The summed E-state index contributed by atoms with van der Waals surface area (Å²) in [5.41, 5.74) is 7.08. The maximum absolute atomic E-state index is 6.31. The second-order valence-corrected chi connectivity index (χ2v) is 6.91. The third-order valence-corrected chi connectivity index (χ3v) is 5.38. The maximum Gasteiger partial charge on any atom is 0.205 e. The van der Waals surface area contributed by atoms with Gasteiger partial charge >= 0.3 is 0 Å². The van der Waals surface area contributed by atoms with Crippen LogP contribution >= 0.6 is 11.3 Å². The first-order chi connectivity index (χ1) is 11.9. The molecule has 0 amide bonds. The molecule has 0 saturated carbocycles. The summed E-state index contributed by atoms with van der Waals surface area (Å²) in [5.74, 6) is 0.963. The molecule has 2 aliphatic rings. The quantitative estimate of drug-likeness (QED) is 0.733. The monoisotopic (exact) mass is 332 g/mol. The standard InChI is InChI=1S/C20H16N2OS/c1-2-7-14(8-3-1)16-13-17-15-9-4-5-10-18(15)23-20(22(17)21-16)19-11-6-12-24-19/h1-13,17,20-21H. The van der Waals surface area contributed by atoms with Crippen molar-refractivity contribution in [2.75, 3.05) is 0 Å². The highest BCUT2D eigenvalue weighted by molar-refractivity contribution is 7.10. The molecule has 3 aromatic rings. The minimum absolute atomic E-state index is 0.123. The molecule has 2 atom stereocenters. The number of ether oxygens (including phenoxy) is 1. The van der Waals surface area contributed by atoms with Crippen LogP contribution < -0.4 is 10.2 Å². The molecule has 4 heteroatoms. The highest BCUT2D eigenvalue weighted by atomic mass is 32.1. The molecule has 0 fully saturated rings. The fourth-order valence-electron chi connectivity index (χ4n) is 3.34. The predicted octanol–water partition coefficient (Wildman–Crippen LogP) is 4.74. The third kappa shape index (κ3) is 2.15. The van der Waals surface area contributed by atoms with Crippen LogP contribution in [0.25, 0.3) is 5.70 Å². The first-order valence-electron chi connectivity index (χ1n) is 8.01. The van der Waals surface area contributed by atoms with Crippen LogP contribution in [-0.4, -0.2) is 5.01 Å². The van der Waals surface area contributed by atoms with Gasteiger partial charge in [-0.05, 0) is 29.2 Å². The Labute approximate surface area is 144 Å². The number of hydrogen-bond donors (Lipinski definition) is 1. The number of fused-ring (bicyclic) bond motifs is 3. The van der Waals surface area contributed by atoms with E-state index in [1.807, 2.05) is 12.1 Å². The fraction of sp³-hybridized carbons (Fsp3) is 0.100. The van der Waals surface area contributed by atoms with Gasteiger partial charge in [0.2, 0.25) is 6.23 Å². The van der Waals surface area contributed by atoms with Crippen molar-refractivity contribution in [1.29, 1.82) is 0 Å². The molecule has 2 aliphatic heterocycles. The van der Waals surface area contributed by atoms with Gasteiger partial charge in [-0.15, -0.1) is 11.3 Å². The average molecular weight is 332 g/mol. The van der Waals surface area contributed by atoms with E-state index in [-0.39, 0.29) is 12.3 Å². The van der Waals surface area contributed by atoms with E-state index in [2.05, 4.69) is 76.5 Å². The van der Waals surface area contributed by atoms with Crippen LogP contribution in [0.15, 0.2) is 78.2 Å². The van der Waals surface area contributed by atoms with E-state index < -0.39 is 0 Å². The fourth-order valence-corrected chi connectivity index (χ4v) is 4.09. The highest BCUT2D eigenvalue weighted by Crippen LogP contribution is 2.46. The summed E-state index contributed by atoms with van der Waals surface area (Å²) in [6.45, 7) is 0. The van der Waals surface area contributed by atoms with Gasteiger partial charge in [0.25, 0.3) is 0 Å². The van der Waals surface area contributed by atoms with Gasteiger partial charge in [-0.3, -0.25) is 0 Å². The van der Waals surface area contributed by atoms with Gasteiger partial charge in [0.05, 0.1) is 16.6 Å². The number of thiophene rings is 1. The summed E-state index contributed by atoms with van der Waals surface area (Å²) in [7, 11) is 0. The number of nitrogens with one attached hydrogen (secondary N) is 1. The number of hydrogen-bond acceptors (Lipinski definition) is 4. The van der Waals surface area contributed by atoms with Gasteiger partial charge in [0.15, 0.2) is 0 Å². The zero-order chi connectivity index (χ0) is 15.9. The molecule has 1 N–H and O–H groups in total. The largest absolute Gasteiger partial charge is 0.468 e. The van der Waals surface area contributed by atoms with Gasteiger partial charge in [0, 0.05) is 5.56 Å². The number of nitrogens with zero attached hydrogens (tertiary/aromatic N) is 1. The second-order valence-electron chi connectivity index (χ2n) is 5.93. The van der Waals surface area contributed by atoms with E-state index in [4.69, 9.17) is 4.74 Å². The Hall–Kier alpha value is -2.56. The lowest BCUT2D eigenvalue weighted by molar-refractivity contribution is -0.0302. The summed E-state index contributed by atoms with van der Waals surface area (Å²) in [6, 6.07) is 23.1. The minimum Gasteiger partial charge on any atom is -0.468 e. The van der Waals surface area contributed by atoms with Crippen LogP contribution in [0.3, 0.4) is 0 Å². The number of para-hydroxylation sites is 1. The van der Waals surface area contributed by atoms with E-state index >= 15 is 0 Å². The Kier molecular flexibility index (Phi) is 3.18. The Balaban J connectivity index is 1.60. The van der Waals surface area contributed by atoms with Gasteiger partial charge < -0.3 is 10.2 Å². The van der Waals surface area contributed by atoms with Crippen molar-refractivity contribution in [3.63, 3.8) is 0 Å². The minimum atomic E-state index is -0.123. The second kappa shape index (κ2) is 5.51. The predicted molar refractivity (Wildman–Crippen MR) is 96.3 cm³/mol. The van der Waals surface area contributed by atoms with Crippen molar-refractivity contribution < 1.29 is 4.74 Å². The zero-order valence-electron chi connectivity index (χ0n) is 12.9. The Morgan fingerprint density at radius 1 is 0.917 bits per heavy atom. The van der Waals surface area contributed by atoms with Crippen LogP contribution in [0.1, 0.15) is 28.3 Å². The molecule has 0 aliphatic carbocycles. The molecule has 5 rings (SSSR count). The molecule has 118 valence electrons. The number of rotatable bonds is 2. The van der Waals surface area contributed by atoms with Crippen LogP contribution in [-0.2, 0) is 0 Å². The Morgan fingerprint density at radius 2 is 1.75 bits per heavy atom. The maximum atomic E-state index is 6.31. The van der Waals surface area contributed by atoms with Crippen LogP contribution in [0.2, 0.25) is 0 Å². The summed E-state index contributed by atoms with van der Waals surface area (Å²) in [4.78, 5) is 1.20. The van der Waals surface area contributed by atoms with Gasteiger partial charge in [0.1, 0.15) is 5.75 Å². The van der Waals surface area contributed by atoms with Gasteiger partial charge in [-0.2, -0.15) is 5.01 Å². The first-order valence-corrected chi connectivity index (χ1v) is 8.89. The molecule has 2 aromatic carbocycles. The lowest BCUT2D eigenvalue weighted by atomic mass is 10.0. The van der Waals surface area contributed by atoms with Crippen molar-refractivity contribution in [2.45, 2.75) is 12.3 Å². The van der Waals surface area contributed by atoms with Crippen molar-refractivity contribution >= 4 is 17.0 Å². The van der Waals surface area contributed by atoms with Crippen LogP contribution in [0.4, 0.5) is 0 Å². The van der Waals surface area contributed by atoms with Crippen LogP contribution in [0.5, 0.6) is 5.75 Å². The lowest BCUT2D eigenvalue weighted by Gasteiger charge is -2.38. The SMILES string of the molecule is C1=C(c2ccccc2)NN2C1c1ccccc1OC2c1cccs1. The molecule has 3 heterocycles. The number of hydrazine groups is 1. The molecule has 0 radical (unpaired) electrons. The lowest BCUT2D eigenvalue weighted by Crippen LogP contribution is -2.42. The molecule has 24 heavy (non-hydrogen) atoms. The average Bonchev–Trinajstić information content (AvgIpc) is 3.32. The van der Waals surface area contributed by atoms with Crippen molar-refractivity contribution in [1.82, 2.24) is 10.4 Å². The summed E-state index contributed by atoms with van der Waals surface area (Å²) >= 11 is 1.72. The normalized spacial score (nSPS) is 22.1. The summed E-state index contributed by atoms with van der Waals surface area (Å²) in [6.07, 6.45) is 2.17. The third-order valence-electron chi connectivity index (χ3n) is 4.47. The van der Waals surface area contributed by atoms with E-state index in [0.29, 0.717) is 0 Å². The van der Waals surface area contributed by atoms with Crippen molar-refractivity contribution in [3.05, 3.63) is 94.2 Å². The van der Waals surface area contributed by atoms with E-state index in [0.717, 1.165) is 11.4 Å². The molecule has 0 saturated heterocycles. The van der Waals surface area contributed by atoms with Crippen molar-refractivity contribution in [3.8, 4) is 5.75 Å². The van der Waals surface area contributed by atoms with E-state index in [9.17, 15) is 0 Å². The molecular formula is C20H16N2OS. The Bertz CT molecular complexity index is 889. The van der Waals surface area contributed by atoms with E-state index in [1.165, 1.54) is 16.0 Å². The topological polar surface area (TPSA) is 24.5 Å². The van der Waals surface area contributed by atoms with Gasteiger partial charge in [-0.1, -0.05) is 54.6 Å². The molecular weight excluding hydrogens is 316 g/mol. The van der Waals surface area contributed by atoms with Gasteiger partial charge in [-0.25, -0.2) is 0 Å². The zero-order valence-corrected chi connectivity index (χ0v) is 13.7. The summed E-state index contributed by atoms with van der Waals surface area (Å²) < 4.78 is 6.31. The van der Waals surface area contributed by atoms with E-state index in [1.54, 1.807) is 11.3 Å². The first kappa shape index (κ1) is 13.8. The smallest absolute Gasteiger partial charge is 0.205 e. The van der Waals surface area contributed by atoms with Crippen LogP contribution in [0, 0.1) is 0 Å². The van der Waals surface area contributed by atoms with Crippen molar-refractivity contribution in [2.24, 2.45) is 0 Å². The molecule has 1 aromatic heterocycles. The molecule has 0 bridgehead atoms.